The summed E-state index contributed by atoms with van der Waals surface area (Å²) in [6.45, 7) is -0.555. The van der Waals surface area contributed by atoms with Gasteiger partial charge in [0.25, 0.3) is 11.6 Å². The van der Waals surface area contributed by atoms with Crippen LogP contribution in [0.1, 0.15) is 9.67 Å². The normalized spacial score (nSPS) is 11.0. The Balaban J connectivity index is 1.64. The summed E-state index contributed by atoms with van der Waals surface area (Å²) in [6.07, 6.45) is 1.06. The Hall–Kier alpha value is -3.16. The van der Waals surface area contributed by atoms with Gasteiger partial charge in [0.1, 0.15) is 9.09 Å². The fourth-order valence-corrected chi connectivity index (χ4v) is 5.12. The molecule has 0 aliphatic heterocycles. The number of ether oxygens (including phenoxy) is 1. The van der Waals surface area contributed by atoms with E-state index in [2.05, 4.69) is 10.3 Å². The number of benzene rings is 1. The number of nitro benzene ring substituents is 1. The summed E-state index contributed by atoms with van der Waals surface area (Å²) >= 11 is 1.87. The van der Waals surface area contributed by atoms with E-state index >= 15 is 0 Å². The summed E-state index contributed by atoms with van der Waals surface area (Å²) in [6, 6.07) is 7.63. The molecule has 29 heavy (non-hydrogen) atoms. The summed E-state index contributed by atoms with van der Waals surface area (Å²) in [7, 11) is -3.95. The lowest BCUT2D eigenvalue weighted by molar-refractivity contribution is -0.384. The van der Waals surface area contributed by atoms with Gasteiger partial charge in [-0.3, -0.25) is 20.2 Å². The first-order chi connectivity index (χ1) is 13.8. The summed E-state index contributed by atoms with van der Waals surface area (Å²) in [4.78, 5) is 37.7. The molecule has 150 valence electrons. The van der Waals surface area contributed by atoms with Crippen molar-refractivity contribution < 1.29 is 27.7 Å². The number of anilines is 1. The van der Waals surface area contributed by atoms with Crippen LogP contribution in [-0.2, 0) is 19.4 Å². The molecular weight excluding hydrogens is 442 g/mol. The van der Waals surface area contributed by atoms with E-state index in [1.165, 1.54) is 11.3 Å². The quantitative estimate of drug-likeness (QED) is 0.326. The number of sulfone groups is 1. The summed E-state index contributed by atoms with van der Waals surface area (Å²) in [5, 5.41) is 14.7. The molecule has 0 fully saturated rings. The number of esters is 1. The minimum atomic E-state index is -3.95. The van der Waals surface area contributed by atoms with Crippen LogP contribution in [0.5, 0.6) is 0 Å². The van der Waals surface area contributed by atoms with Crippen molar-refractivity contribution in [2.45, 2.75) is 9.10 Å². The van der Waals surface area contributed by atoms with Gasteiger partial charge in [-0.1, -0.05) is 17.4 Å². The van der Waals surface area contributed by atoms with Crippen molar-refractivity contribution in [3.05, 3.63) is 63.0 Å². The molecular formula is C16H11N3O7S3. The number of nitrogens with one attached hydrogen (secondary N) is 1. The molecule has 0 saturated heterocycles. The molecule has 0 aliphatic carbocycles. The third-order valence-electron chi connectivity index (χ3n) is 3.41. The average Bonchev–Trinajstić information content (AvgIpc) is 3.38. The predicted octanol–water partition coefficient (Wildman–Crippen LogP) is 2.74. The smallest absolute Gasteiger partial charge is 0.348 e. The Morgan fingerprint density at radius 2 is 1.93 bits per heavy atom. The first-order valence-electron chi connectivity index (χ1n) is 7.73. The third kappa shape index (κ3) is 4.82. The number of nitrogens with zero attached hydrogens (tertiary/aromatic N) is 2. The highest BCUT2D eigenvalue weighted by atomic mass is 32.2. The van der Waals surface area contributed by atoms with Crippen LogP contribution in [0.4, 0.5) is 10.8 Å². The summed E-state index contributed by atoms with van der Waals surface area (Å²) < 4.78 is 29.9. The zero-order valence-corrected chi connectivity index (χ0v) is 16.8. The Kier molecular flexibility index (Phi) is 6.00. The van der Waals surface area contributed by atoms with E-state index in [-0.39, 0.29) is 19.9 Å². The molecule has 1 amide bonds. The first-order valence-corrected chi connectivity index (χ1v) is 10.9. The second-order valence-corrected chi connectivity index (χ2v) is 9.50. The number of non-ortho nitro benzene ring substituents is 1. The highest BCUT2D eigenvalue weighted by molar-refractivity contribution is 7.93. The number of nitro groups is 1. The number of aromatic nitrogens is 1. The van der Waals surface area contributed by atoms with Crippen LogP contribution in [0.15, 0.2) is 57.1 Å². The van der Waals surface area contributed by atoms with Gasteiger partial charge in [-0.05, 0) is 23.6 Å². The molecule has 0 aliphatic rings. The highest BCUT2D eigenvalue weighted by Gasteiger charge is 2.22. The van der Waals surface area contributed by atoms with Gasteiger partial charge in [-0.2, -0.15) is 0 Å². The maximum atomic E-state index is 12.6. The van der Waals surface area contributed by atoms with Gasteiger partial charge < -0.3 is 4.74 Å². The molecule has 2 heterocycles. The molecule has 0 unspecified atom stereocenters. The molecule has 0 atom stereocenters. The Morgan fingerprint density at radius 3 is 2.55 bits per heavy atom. The SMILES string of the molecule is O=C(COC(=O)c1cccs1)Nc1ncc(S(=O)(=O)c2ccc([N+](=O)[O-])cc2)s1. The van der Waals surface area contributed by atoms with Gasteiger partial charge in [0.15, 0.2) is 11.7 Å². The molecule has 3 rings (SSSR count). The lowest BCUT2D eigenvalue weighted by Gasteiger charge is -2.03. The number of carbonyl (C=O) groups excluding carboxylic acids is 2. The highest BCUT2D eigenvalue weighted by Crippen LogP contribution is 2.29. The molecule has 1 aromatic carbocycles. The van der Waals surface area contributed by atoms with Crippen molar-refractivity contribution in [3.8, 4) is 0 Å². The molecule has 13 heteroatoms. The van der Waals surface area contributed by atoms with E-state index in [0.29, 0.717) is 16.2 Å². The monoisotopic (exact) mass is 453 g/mol. The molecule has 0 spiro atoms. The molecule has 10 nitrogen and oxygen atoms in total. The van der Waals surface area contributed by atoms with Crippen molar-refractivity contribution in [3.63, 3.8) is 0 Å². The Labute approximate surface area is 171 Å². The number of hydrogen-bond donors (Lipinski definition) is 1. The van der Waals surface area contributed by atoms with E-state index in [1.807, 2.05) is 0 Å². The van der Waals surface area contributed by atoms with Gasteiger partial charge in [-0.25, -0.2) is 18.2 Å². The van der Waals surface area contributed by atoms with Crippen LogP contribution in [0, 0.1) is 10.1 Å². The van der Waals surface area contributed by atoms with Crippen LogP contribution in [0.25, 0.3) is 0 Å². The number of thiophene rings is 1. The van der Waals surface area contributed by atoms with Crippen molar-refractivity contribution >= 4 is 55.2 Å². The zero-order valence-electron chi connectivity index (χ0n) is 14.3. The van der Waals surface area contributed by atoms with Crippen molar-refractivity contribution in [2.75, 3.05) is 11.9 Å². The van der Waals surface area contributed by atoms with Crippen LogP contribution >= 0.6 is 22.7 Å². The van der Waals surface area contributed by atoms with E-state index in [0.717, 1.165) is 30.5 Å². The molecule has 2 aromatic heterocycles. The molecule has 3 aromatic rings. The van der Waals surface area contributed by atoms with Crippen molar-refractivity contribution in [1.82, 2.24) is 4.98 Å². The lowest BCUT2D eigenvalue weighted by atomic mass is 10.3. The molecule has 1 N–H and O–H groups in total. The van der Waals surface area contributed by atoms with Gasteiger partial charge in [0.05, 0.1) is 16.0 Å². The maximum Gasteiger partial charge on any atom is 0.348 e. The number of carbonyl (C=O) groups is 2. The third-order valence-corrected chi connectivity index (χ3v) is 7.40. The van der Waals surface area contributed by atoms with Gasteiger partial charge in [0, 0.05) is 12.1 Å². The van der Waals surface area contributed by atoms with E-state index in [9.17, 15) is 28.1 Å². The maximum absolute atomic E-state index is 12.6. The number of hydrogen-bond acceptors (Lipinski definition) is 10. The van der Waals surface area contributed by atoms with Gasteiger partial charge in [0.2, 0.25) is 9.84 Å². The van der Waals surface area contributed by atoms with Gasteiger partial charge >= 0.3 is 5.97 Å². The van der Waals surface area contributed by atoms with Crippen LogP contribution < -0.4 is 5.32 Å². The van der Waals surface area contributed by atoms with Crippen LogP contribution in [-0.4, -0.2) is 36.8 Å². The number of amides is 1. The van der Waals surface area contributed by atoms with E-state index in [1.54, 1.807) is 17.5 Å². The number of thiazole rings is 1. The topological polar surface area (TPSA) is 146 Å². The van der Waals surface area contributed by atoms with Crippen molar-refractivity contribution in [1.29, 1.82) is 0 Å². The summed E-state index contributed by atoms with van der Waals surface area (Å²) in [5.74, 6) is -1.32. The Bertz CT molecular complexity index is 1150. The second kappa shape index (κ2) is 8.46. The predicted molar refractivity (Wildman–Crippen MR) is 104 cm³/mol. The van der Waals surface area contributed by atoms with Crippen LogP contribution in [0.3, 0.4) is 0 Å². The van der Waals surface area contributed by atoms with Gasteiger partial charge in [-0.15, -0.1) is 11.3 Å². The number of rotatable bonds is 7. The van der Waals surface area contributed by atoms with Crippen molar-refractivity contribution in [2.24, 2.45) is 0 Å². The summed E-state index contributed by atoms with van der Waals surface area (Å²) in [5.41, 5.74) is -0.238. The largest absolute Gasteiger partial charge is 0.451 e. The fourth-order valence-electron chi connectivity index (χ4n) is 2.06. The van der Waals surface area contributed by atoms with E-state index in [4.69, 9.17) is 4.74 Å². The minimum Gasteiger partial charge on any atom is -0.451 e. The van der Waals surface area contributed by atoms with Crippen LogP contribution in [0.2, 0.25) is 0 Å². The zero-order chi connectivity index (χ0) is 21.0. The average molecular weight is 453 g/mol. The first kappa shape index (κ1) is 20.6. The lowest BCUT2D eigenvalue weighted by Crippen LogP contribution is -2.20. The Morgan fingerprint density at radius 1 is 1.21 bits per heavy atom. The van der Waals surface area contributed by atoms with E-state index < -0.39 is 33.2 Å². The second-order valence-electron chi connectivity index (χ2n) is 5.34. The molecule has 0 radical (unpaired) electrons. The molecule has 0 saturated carbocycles. The minimum absolute atomic E-state index is 0.00246. The fraction of sp³-hybridized carbons (Fsp3) is 0.0625. The standard InChI is InChI=1S/C16H11N3O7S3/c20-13(9-26-15(21)12-2-1-7-27-12)18-16-17-8-14(28-16)29(24,25)11-5-3-10(4-6-11)19(22)23/h1-8H,9H2,(H,17,18,20). The molecule has 0 bridgehead atoms.